The molecule has 1 aromatic carbocycles. The second-order valence-corrected chi connectivity index (χ2v) is 4.72. The van der Waals surface area contributed by atoms with Crippen molar-refractivity contribution in [3.8, 4) is 11.5 Å². The predicted octanol–water partition coefficient (Wildman–Crippen LogP) is 2.08. The minimum Gasteiger partial charge on any atom is -0.493 e. The van der Waals surface area contributed by atoms with Crippen LogP contribution in [0.15, 0.2) is 18.2 Å². The van der Waals surface area contributed by atoms with Gasteiger partial charge in [-0.1, -0.05) is 13.3 Å². The Morgan fingerprint density at radius 2 is 2.05 bits per heavy atom. The number of hydrogen-bond acceptors (Lipinski definition) is 4. The average molecular weight is 295 g/mol. The SMILES string of the molecule is CCCC(C)NC(=O)COc1ccc(C(=O)O)cc1OC. The van der Waals surface area contributed by atoms with Crippen molar-refractivity contribution in [2.24, 2.45) is 0 Å². The third-order valence-corrected chi connectivity index (χ3v) is 2.90. The Hall–Kier alpha value is -2.24. The zero-order chi connectivity index (χ0) is 15.8. The highest BCUT2D eigenvalue weighted by molar-refractivity contribution is 5.88. The van der Waals surface area contributed by atoms with Crippen molar-refractivity contribution < 1.29 is 24.2 Å². The Bertz CT molecular complexity index is 501. The molecule has 0 aliphatic rings. The van der Waals surface area contributed by atoms with E-state index in [0.29, 0.717) is 5.75 Å². The van der Waals surface area contributed by atoms with Gasteiger partial charge < -0.3 is 19.9 Å². The van der Waals surface area contributed by atoms with E-state index in [2.05, 4.69) is 5.32 Å². The number of carboxylic acid groups (broad SMARTS) is 1. The highest BCUT2D eigenvalue weighted by Crippen LogP contribution is 2.27. The van der Waals surface area contributed by atoms with Gasteiger partial charge in [-0.05, 0) is 31.5 Å². The Morgan fingerprint density at radius 1 is 1.33 bits per heavy atom. The first-order valence-corrected chi connectivity index (χ1v) is 6.81. The Balaban J connectivity index is 2.62. The molecule has 1 amide bonds. The number of carbonyl (C=O) groups excluding carboxylic acids is 1. The molecule has 1 rings (SSSR count). The highest BCUT2D eigenvalue weighted by Gasteiger charge is 2.12. The molecule has 0 aromatic heterocycles. The van der Waals surface area contributed by atoms with Crippen LogP contribution in [-0.2, 0) is 4.79 Å². The molecule has 0 aliphatic heterocycles. The van der Waals surface area contributed by atoms with Gasteiger partial charge in [0.2, 0.25) is 0 Å². The van der Waals surface area contributed by atoms with Crippen LogP contribution in [0.1, 0.15) is 37.0 Å². The molecule has 2 N–H and O–H groups in total. The van der Waals surface area contributed by atoms with Gasteiger partial charge in [0.1, 0.15) is 0 Å². The van der Waals surface area contributed by atoms with E-state index in [0.717, 1.165) is 12.8 Å². The topological polar surface area (TPSA) is 84.9 Å². The lowest BCUT2D eigenvalue weighted by Crippen LogP contribution is -2.35. The standard InChI is InChI=1S/C15H21NO5/c1-4-5-10(2)16-14(17)9-21-12-7-6-11(15(18)19)8-13(12)20-3/h6-8,10H,4-5,9H2,1-3H3,(H,16,17)(H,18,19). The molecule has 6 nitrogen and oxygen atoms in total. The maximum Gasteiger partial charge on any atom is 0.335 e. The van der Waals surface area contributed by atoms with E-state index in [1.165, 1.54) is 25.3 Å². The van der Waals surface area contributed by atoms with E-state index >= 15 is 0 Å². The van der Waals surface area contributed by atoms with Crippen LogP contribution in [0.5, 0.6) is 11.5 Å². The van der Waals surface area contributed by atoms with E-state index in [-0.39, 0.29) is 29.9 Å². The van der Waals surface area contributed by atoms with Gasteiger partial charge in [0.25, 0.3) is 5.91 Å². The first-order chi connectivity index (χ1) is 9.97. The van der Waals surface area contributed by atoms with Gasteiger partial charge in [-0.3, -0.25) is 4.79 Å². The first kappa shape index (κ1) is 16.8. The molecule has 0 saturated heterocycles. The fourth-order valence-corrected chi connectivity index (χ4v) is 1.88. The second-order valence-electron chi connectivity index (χ2n) is 4.72. The van der Waals surface area contributed by atoms with Gasteiger partial charge in [0.05, 0.1) is 12.7 Å². The summed E-state index contributed by atoms with van der Waals surface area (Å²) in [5.41, 5.74) is 0.0974. The molecule has 0 aliphatic carbocycles. The summed E-state index contributed by atoms with van der Waals surface area (Å²) in [5.74, 6) is -0.656. The molecule has 1 atom stereocenters. The second kappa shape index (κ2) is 8.14. The third-order valence-electron chi connectivity index (χ3n) is 2.90. The Labute approximate surface area is 124 Å². The normalized spacial score (nSPS) is 11.6. The van der Waals surface area contributed by atoms with Gasteiger partial charge >= 0.3 is 5.97 Å². The summed E-state index contributed by atoms with van der Waals surface area (Å²) < 4.78 is 10.4. The molecular formula is C15H21NO5. The average Bonchev–Trinajstić information content (AvgIpc) is 2.44. The fourth-order valence-electron chi connectivity index (χ4n) is 1.88. The summed E-state index contributed by atoms with van der Waals surface area (Å²) in [6.45, 7) is 3.84. The zero-order valence-electron chi connectivity index (χ0n) is 12.5. The summed E-state index contributed by atoms with van der Waals surface area (Å²) in [7, 11) is 1.41. The highest BCUT2D eigenvalue weighted by atomic mass is 16.5. The number of carboxylic acids is 1. The van der Waals surface area contributed by atoms with Gasteiger partial charge in [0.15, 0.2) is 18.1 Å². The Morgan fingerprint density at radius 3 is 2.62 bits per heavy atom. The molecule has 0 spiro atoms. The van der Waals surface area contributed by atoms with E-state index in [9.17, 15) is 9.59 Å². The van der Waals surface area contributed by atoms with Crippen LogP contribution >= 0.6 is 0 Å². The van der Waals surface area contributed by atoms with Crippen LogP contribution in [-0.4, -0.2) is 36.7 Å². The third kappa shape index (κ3) is 5.33. The van der Waals surface area contributed by atoms with Crippen molar-refractivity contribution >= 4 is 11.9 Å². The maximum absolute atomic E-state index is 11.7. The number of methoxy groups -OCH3 is 1. The molecule has 1 aromatic rings. The number of carbonyl (C=O) groups is 2. The van der Waals surface area contributed by atoms with Crippen molar-refractivity contribution in [1.29, 1.82) is 0 Å². The number of aromatic carboxylic acids is 1. The lowest BCUT2D eigenvalue weighted by atomic mass is 10.2. The van der Waals surface area contributed by atoms with Crippen LogP contribution in [0.2, 0.25) is 0 Å². The summed E-state index contributed by atoms with van der Waals surface area (Å²) in [6, 6.07) is 4.33. The van der Waals surface area contributed by atoms with Crippen LogP contribution < -0.4 is 14.8 Å². The molecule has 6 heteroatoms. The predicted molar refractivity (Wildman–Crippen MR) is 78.0 cm³/mol. The van der Waals surface area contributed by atoms with Gasteiger partial charge in [-0.15, -0.1) is 0 Å². The van der Waals surface area contributed by atoms with Crippen molar-refractivity contribution in [3.05, 3.63) is 23.8 Å². The van der Waals surface area contributed by atoms with E-state index in [1.807, 2.05) is 13.8 Å². The number of benzene rings is 1. The molecule has 0 bridgehead atoms. The molecule has 116 valence electrons. The van der Waals surface area contributed by atoms with Crippen LogP contribution in [0.4, 0.5) is 0 Å². The van der Waals surface area contributed by atoms with Crippen molar-refractivity contribution in [1.82, 2.24) is 5.32 Å². The van der Waals surface area contributed by atoms with Crippen molar-refractivity contribution in [2.45, 2.75) is 32.7 Å². The van der Waals surface area contributed by atoms with E-state index in [4.69, 9.17) is 14.6 Å². The number of amides is 1. The lowest BCUT2D eigenvalue weighted by Gasteiger charge is -2.14. The van der Waals surface area contributed by atoms with E-state index in [1.54, 1.807) is 0 Å². The van der Waals surface area contributed by atoms with Gasteiger partial charge in [-0.25, -0.2) is 4.79 Å². The van der Waals surface area contributed by atoms with Crippen LogP contribution in [0.3, 0.4) is 0 Å². The lowest BCUT2D eigenvalue weighted by molar-refractivity contribution is -0.123. The number of nitrogens with one attached hydrogen (secondary N) is 1. The smallest absolute Gasteiger partial charge is 0.335 e. The molecular weight excluding hydrogens is 274 g/mol. The van der Waals surface area contributed by atoms with Crippen LogP contribution in [0.25, 0.3) is 0 Å². The molecule has 21 heavy (non-hydrogen) atoms. The monoisotopic (exact) mass is 295 g/mol. The summed E-state index contributed by atoms with van der Waals surface area (Å²) in [6.07, 6.45) is 1.90. The molecule has 0 saturated carbocycles. The molecule has 0 fully saturated rings. The number of rotatable bonds is 8. The fraction of sp³-hybridized carbons (Fsp3) is 0.467. The summed E-state index contributed by atoms with van der Waals surface area (Å²) >= 11 is 0. The number of hydrogen-bond donors (Lipinski definition) is 2. The molecule has 0 heterocycles. The van der Waals surface area contributed by atoms with Crippen molar-refractivity contribution in [2.75, 3.05) is 13.7 Å². The Kier molecular flexibility index (Phi) is 6.52. The molecule has 0 radical (unpaired) electrons. The van der Waals surface area contributed by atoms with Gasteiger partial charge in [-0.2, -0.15) is 0 Å². The quantitative estimate of drug-likeness (QED) is 0.767. The van der Waals surface area contributed by atoms with Crippen LogP contribution in [0, 0.1) is 0 Å². The minimum absolute atomic E-state index is 0.0974. The van der Waals surface area contributed by atoms with Gasteiger partial charge in [0, 0.05) is 6.04 Å². The maximum atomic E-state index is 11.7. The minimum atomic E-state index is -1.05. The van der Waals surface area contributed by atoms with E-state index < -0.39 is 5.97 Å². The molecule has 1 unspecified atom stereocenters. The first-order valence-electron chi connectivity index (χ1n) is 6.81. The zero-order valence-corrected chi connectivity index (χ0v) is 12.5. The summed E-state index contributed by atoms with van der Waals surface area (Å²) in [5, 5.41) is 11.7. The van der Waals surface area contributed by atoms with Crippen molar-refractivity contribution in [3.63, 3.8) is 0 Å². The largest absolute Gasteiger partial charge is 0.493 e. The number of ether oxygens (including phenoxy) is 2. The summed E-state index contributed by atoms with van der Waals surface area (Å²) in [4.78, 5) is 22.6.